The van der Waals surface area contributed by atoms with Crippen LogP contribution in [0.4, 0.5) is 5.69 Å². The van der Waals surface area contributed by atoms with Gasteiger partial charge in [-0.1, -0.05) is 12.1 Å². The minimum atomic E-state index is -0.478. The molecule has 0 atom stereocenters. The van der Waals surface area contributed by atoms with Gasteiger partial charge in [0.1, 0.15) is 0 Å². The Morgan fingerprint density at radius 3 is 2.82 bits per heavy atom. The summed E-state index contributed by atoms with van der Waals surface area (Å²) in [4.78, 5) is 47.8. The van der Waals surface area contributed by atoms with E-state index in [1.807, 2.05) is 6.07 Å². The number of ether oxygens (including phenoxy) is 1. The van der Waals surface area contributed by atoms with E-state index in [1.165, 1.54) is 12.1 Å². The van der Waals surface area contributed by atoms with E-state index in [9.17, 15) is 19.7 Å². The number of rotatable bonds is 6. The molecule has 1 amide bonds. The highest BCUT2D eigenvalue weighted by Gasteiger charge is 2.27. The predicted molar refractivity (Wildman–Crippen MR) is 123 cm³/mol. The van der Waals surface area contributed by atoms with Crippen LogP contribution in [-0.2, 0) is 25.6 Å². The predicted octanol–water partition coefficient (Wildman–Crippen LogP) is 3.74. The van der Waals surface area contributed by atoms with E-state index in [0.29, 0.717) is 68.0 Å². The van der Waals surface area contributed by atoms with Crippen molar-refractivity contribution in [3.63, 3.8) is 0 Å². The van der Waals surface area contributed by atoms with Crippen LogP contribution in [0.15, 0.2) is 36.4 Å². The van der Waals surface area contributed by atoms with Crippen LogP contribution in [0.3, 0.4) is 0 Å². The summed E-state index contributed by atoms with van der Waals surface area (Å²) in [6, 6.07) is 11.2. The van der Waals surface area contributed by atoms with Gasteiger partial charge in [-0.3, -0.25) is 19.7 Å². The number of carbonyl (C=O) groups excluding carboxylic acids is 2. The number of nitro benzene ring substituents is 1. The van der Waals surface area contributed by atoms with Gasteiger partial charge in [0.05, 0.1) is 35.7 Å². The van der Waals surface area contributed by atoms with E-state index in [1.54, 1.807) is 36.1 Å². The molecule has 34 heavy (non-hydrogen) atoms. The quantitative estimate of drug-likeness (QED) is 0.210. The van der Waals surface area contributed by atoms with Gasteiger partial charge in [-0.2, -0.15) is 4.89 Å². The zero-order valence-electron chi connectivity index (χ0n) is 18.8. The van der Waals surface area contributed by atoms with E-state index >= 15 is 0 Å². The Morgan fingerprint density at radius 1 is 1.29 bits per heavy atom. The maximum Gasteiger partial charge on any atom is 0.309 e. The number of fused-ring (bicyclic) bond motifs is 1. The van der Waals surface area contributed by atoms with Gasteiger partial charge < -0.3 is 14.5 Å². The SMILES string of the molecule is CCOC(=O)C1CCN(C(=O)/C=C/c2cc[c]c([N+](=O)[O-])c2-c2ccc3c(c2)CCOO3)CC1. The number of amides is 1. The third kappa shape index (κ3) is 5.09. The molecule has 0 unspecified atom stereocenters. The molecular weight excluding hydrogens is 440 g/mol. The highest BCUT2D eigenvalue weighted by molar-refractivity contribution is 5.94. The standard InChI is InChI=1S/C25H25N2O7/c1-2-32-25(29)18-10-13-26(14-11-18)23(28)9-7-17-4-3-5-21(27(30)31)24(17)20-6-8-22-19(16-20)12-15-33-34-22/h3-4,6-9,16,18H,2,10-15H2,1H3/b9-7+. The summed E-state index contributed by atoms with van der Waals surface area (Å²) in [5.74, 6) is -0.0364. The highest BCUT2D eigenvalue weighted by atomic mass is 17.2. The second-order valence-electron chi connectivity index (χ2n) is 8.08. The Balaban J connectivity index is 1.56. The molecule has 0 saturated carbocycles. The summed E-state index contributed by atoms with van der Waals surface area (Å²) >= 11 is 0. The Bertz CT molecular complexity index is 1120. The molecule has 2 aliphatic rings. The lowest BCUT2D eigenvalue weighted by atomic mass is 9.94. The molecule has 9 heteroatoms. The number of esters is 1. The number of likely N-dealkylation sites (tertiary alicyclic amines) is 1. The van der Waals surface area contributed by atoms with Crippen molar-refractivity contribution < 1.29 is 29.0 Å². The van der Waals surface area contributed by atoms with Gasteiger partial charge in [0.15, 0.2) is 5.75 Å². The molecule has 2 heterocycles. The molecule has 2 aromatic carbocycles. The Morgan fingerprint density at radius 2 is 2.09 bits per heavy atom. The molecule has 0 aliphatic carbocycles. The topological polar surface area (TPSA) is 108 Å². The van der Waals surface area contributed by atoms with Crippen molar-refractivity contribution in [1.29, 1.82) is 0 Å². The number of hydrogen-bond donors (Lipinski definition) is 0. The summed E-state index contributed by atoms with van der Waals surface area (Å²) in [6.07, 6.45) is 4.74. The van der Waals surface area contributed by atoms with Crippen LogP contribution in [-0.4, -0.2) is 48.0 Å². The van der Waals surface area contributed by atoms with E-state index in [-0.39, 0.29) is 23.5 Å². The molecule has 4 rings (SSSR count). The second kappa shape index (κ2) is 10.5. The Hall–Kier alpha value is -3.72. The van der Waals surface area contributed by atoms with Gasteiger partial charge in [0.2, 0.25) is 5.91 Å². The third-order valence-corrected chi connectivity index (χ3v) is 5.98. The summed E-state index contributed by atoms with van der Waals surface area (Å²) < 4.78 is 5.07. The molecular formula is C25H25N2O7. The minimum absolute atomic E-state index is 0.169. The normalized spacial score (nSPS) is 16.1. The zero-order chi connectivity index (χ0) is 24.1. The number of carbonyl (C=O) groups is 2. The lowest BCUT2D eigenvalue weighted by molar-refractivity contribution is -0.384. The van der Waals surface area contributed by atoms with Gasteiger partial charge in [0.25, 0.3) is 5.69 Å². The van der Waals surface area contributed by atoms with Crippen molar-refractivity contribution >= 4 is 23.6 Å². The average molecular weight is 465 g/mol. The Kier molecular flexibility index (Phi) is 7.22. The van der Waals surface area contributed by atoms with E-state index < -0.39 is 4.92 Å². The fourth-order valence-corrected chi connectivity index (χ4v) is 4.22. The van der Waals surface area contributed by atoms with Crippen molar-refractivity contribution in [3.8, 4) is 16.9 Å². The molecule has 1 saturated heterocycles. The number of piperidine rings is 1. The van der Waals surface area contributed by atoms with Gasteiger partial charge in [-0.15, -0.1) is 0 Å². The van der Waals surface area contributed by atoms with Crippen molar-refractivity contribution in [2.45, 2.75) is 26.2 Å². The summed E-state index contributed by atoms with van der Waals surface area (Å²) in [6.45, 7) is 3.42. The van der Waals surface area contributed by atoms with Gasteiger partial charge in [0, 0.05) is 31.1 Å². The van der Waals surface area contributed by atoms with E-state index in [4.69, 9.17) is 14.5 Å². The van der Waals surface area contributed by atoms with Crippen LogP contribution in [0.2, 0.25) is 0 Å². The first-order valence-electron chi connectivity index (χ1n) is 11.2. The fourth-order valence-electron chi connectivity index (χ4n) is 4.22. The average Bonchev–Trinajstić information content (AvgIpc) is 2.87. The summed E-state index contributed by atoms with van der Waals surface area (Å²) in [5.41, 5.74) is 2.27. The smallest absolute Gasteiger partial charge is 0.309 e. The summed E-state index contributed by atoms with van der Waals surface area (Å²) in [7, 11) is 0. The summed E-state index contributed by atoms with van der Waals surface area (Å²) in [5, 5.41) is 11.7. The molecule has 9 nitrogen and oxygen atoms in total. The number of benzene rings is 2. The van der Waals surface area contributed by atoms with Crippen LogP contribution in [0.1, 0.15) is 30.9 Å². The highest BCUT2D eigenvalue weighted by Crippen LogP contribution is 2.37. The van der Waals surface area contributed by atoms with E-state index in [0.717, 1.165) is 5.56 Å². The lowest BCUT2D eigenvalue weighted by Crippen LogP contribution is -2.39. The number of hydrogen-bond acceptors (Lipinski definition) is 7. The first-order valence-corrected chi connectivity index (χ1v) is 11.2. The third-order valence-electron chi connectivity index (χ3n) is 5.98. The molecule has 177 valence electrons. The first kappa shape index (κ1) is 23.4. The fraction of sp³-hybridized carbons (Fsp3) is 0.360. The zero-order valence-corrected chi connectivity index (χ0v) is 18.8. The van der Waals surface area contributed by atoms with Crippen LogP contribution < -0.4 is 4.89 Å². The molecule has 0 aromatic heterocycles. The molecule has 2 aromatic rings. The molecule has 0 spiro atoms. The van der Waals surface area contributed by atoms with Crippen molar-refractivity contribution in [2.75, 3.05) is 26.3 Å². The van der Waals surface area contributed by atoms with Crippen LogP contribution in [0.25, 0.3) is 17.2 Å². The molecule has 1 fully saturated rings. The lowest BCUT2D eigenvalue weighted by Gasteiger charge is -2.30. The minimum Gasteiger partial charge on any atom is -0.466 e. The second-order valence-corrected chi connectivity index (χ2v) is 8.08. The monoisotopic (exact) mass is 465 g/mol. The molecule has 0 bridgehead atoms. The molecule has 0 N–H and O–H groups in total. The maximum atomic E-state index is 12.8. The van der Waals surface area contributed by atoms with Gasteiger partial charge >= 0.3 is 5.97 Å². The van der Waals surface area contributed by atoms with Crippen molar-refractivity contribution in [1.82, 2.24) is 4.90 Å². The first-order chi connectivity index (χ1) is 16.5. The van der Waals surface area contributed by atoms with Crippen molar-refractivity contribution in [2.24, 2.45) is 5.92 Å². The van der Waals surface area contributed by atoms with Crippen LogP contribution >= 0.6 is 0 Å². The number of nitrogens with zero attached hydrogens (tertiary/aromatic N) is 2. The molecule has 1 radical (unpaired) electrons. The van der Waals surface area contributed by atoms with E-state index in [2.05, 4.69) is 6.07 Å². The number of nitro groups is 1. The van der Waals surface area contributed by atoms with Crippen LogP contribution in [0, 0.1) is 22.1 Å². The van der Waals surface area contributed by atoms with Crippen LogP contribution in [0.5, 0.6) is 5.75 Å². The van der Waals surface area contributed by atoms with Crippen molar-refractivity contribution in [3.05, 3.63) is 63.7 Å². The Labute approximate surface area is 197 Å². The maximum absolute atomic E-state index is 12.8. The molecule has 2 aliphatic heterocycles. The largest absolute Gasteiger partial charge is 0.466 e. The van der Waals surface area contributed by atoms with Gasteiger partial charge in [-0.05, 0) is 55.2 Å². The van der Waals surface area contributed by atoms with Gasteiger partial charge in [-0.25, -0.2) is 0 Å².